The summed E-state index contributed by atoms with van der Waals surface area (Å²) in [6, 6.07) is 4.67. The van der Waals surface area contributed by atoms with Gasteiger partial charge in [0.15, 0.2) is 0 Å². The molecule has 1 aromatic rings. The van der Waals surface area contributed by atoms with Crippen molar-refractivity contribution in [1.82, 2.24) is 0 Å². The molecule has 0 bridgehead atoms. The van der Waals surface area contributed by atoms with E-state index in [0.29, 0.717) is 0 Å². The smallest absolute Gasteiger partial charge is 0.166 e. The van der Waals surface area contributed by atoms with Crippen molar-refractivity contribution in [2.45, 2.75) is 25.4 Å². The third-order valence-electron chi connectivity index (χ3n) is 3.33. The first-order chi connectivity index (χ1) is 8.00. The van der Waals surface area contributed by atoms with E-state index in [4.69, 9.17) is 6.42 Å². The third-order valence-corrected chi connectivity index (χ3v) is 3.33. The van der Waals surface area contributed by atoms with Crippen LogP contribution in [0.2, 0.25) is 0 Å². The molecule has 0 N–H and O–H groups in total. The van der Waals surface area contributed by atoms with Crippen LogP contribution in [-0.4, -0.2) is 0 Å². The summed E-state index contributed by atoms with van der Waals surface area (Å²) in [5.74, 6) is 4.60. The predicted molar refractivity (Wildman–Crippen MR) is 60.2 cm³/mol. The molecule has 2 atom stereocenters. The van der Waals surface area contributed by atoms with Crippen molar-refractivity contribution in [3.05, 3.63) is 35.4 Å². The number of terminal acetylenes is 1. The predicted octanol–water partition coefficient (Wildman–Crippen LogP) is 4.10. The average Bonchev–Trinajstić information content (AvgIpc) is 2.85. The number of alkyl halides is 3. The molecule has 90 valence electrons. The second kappa shape index (κ2) is 4.44. The number of halogens is 3. The minimum absolute atomic E-state index is 0.241. The van der Waals surface area contributed by atoms with Crippen molar-refractivity contribution in [1.29, 1.82) is 0 Å². The molecule has 0 aromatic heterocycles. The Balaban J connectivity index is 0.000000174. The molecule has 0 nitrogen and oxygen atoms in total. The second-order valence-electron chi connectivity index (χ2n) is 4.56. The highest BCUT2D eigenvalue weighted by molar-refractivity contribution is 5.36. The zero-order valence-electron chi connectivity index (χ0n) is 9.30. The van der Waals surface area contributed by atoms with Crippen LogP contribution in [0.4, 0.5) is 13.2 Å². The molecule has 2 unspecified atom stereocenters. The molecule has 0 saturated heterocycles. The number of hydrogen-bond donors (Lipinski definition) is 0. The van der Waals surface area contributed by atoms with Gasteiger partial charge in [0.2, 0.25) is 0 Å². The summed E-state index contributed by atoms with van der Waals surface area (Å²) in [6.45, 7) is 0. The Kier molecular flexibility index (Phi) is 3.15. The molecule has 3 heteroatoms. The maximum absolute atomic E-state index is 12.0. The lowest BCUT2D eigenvalue weighted by Gasteiger charge is -2.05. The van der Waals surface area contributed by atoms with Gasteiger partial charge >= 0.3 is 6.18 Å². The van der Waals surface area contributed by atoms with Crippen molar-refractivity contribution < 1.29 is 13.2 Å². The third kappa shape index (κ3) is 3.03. The molecule has 0 amide bonds. The Morgan fingerprint density at radius 3 is 2.18 bits per heavy atom. The molecule has 2 saturated carbocycles. The van der Waals surface area contributed by atoms with Crippen LogP contribution >= 0.6 is 0 Å². The fourth-order valence-electron chi connectivity index (χ4n) is 1.97. The first-order valence-electron chi connectivity index (χ1n) is 5.64. The second-order valence-corrected chi connectivity index (χ2v) is 4.56. The lowest BCUT2D eigenvalue weighted by atomic mass is 10.0. The van der Waals surface area contributed by atoms with Gasteiger partial charge in [-0.2, -0.15) is 13.2 Å². The van der Waals surface area contributed by atoms with Gasteiger partial charge in [-0.25, -0.2) is 0 Å². The molecule has 0 spiro atoms. The van der Waals surface area contributed by atoms with Gasteiger partial charge in [0.05, 0.1) is 5.56 Å². The van der Waals surface area contributed by atoms with Crippen LogP contribution in [0.3, 0.4) is 0 Å². The Morgan fingerprint density at radius 1 is 1.18 bits per heavy atom. The molecule has 0 heterocycles. The van der Waals surface area contributed by atoms with Gasteiger partial charge in [-0.1, -0.05) is 12.0 Å². The fraction of sp³-hybridized carbons (Fsp3) is 0.429. The van der Waals surface area contributed by atoms with Crippen molar-refractivity contribution in [2.24, 2.45) is 11.8 Å². The van der Waals surface area contributed by atoms with E-state index in [-0.39, 0.29) is 5.56 Å². The van der Waals surface area contributed by atoms with Crippen molar-refractivity contribution in [3.8, 4) is 12.3 Å². The summed E-state index contributed by atoms with van der Waals surface area (Å²) in [7, 11) is 0. The Morgan fingerprint density at radius 2 is 1.82 bits per heavy atom. The molecule has 2 aliphatic carbocycles. The van der Waals surface area contributed by atoms with Crippen LogP contribution in [-0.2, 0) is 6.18 Å². The van der Waals surface area contributed by atoms with Crippen LogP contribution < -0.4 is 0 Å². The van der Waals surface area contributed by atoms with E-state index >= 15 is 0 Å². The largest absolute Gasteiger partial charge is 0.416 e. The van der Waals surface area contributed by atoms with Gasteiger partial charge in [-0.15, -0.1) is 6.42 Å². The maximum Gasteiger partial charge on any atom is 0.416 e. The van der Waals surface area contributed by atoms with Gasteiger partial charge < -0.3 is 0 Å². The normalized spacial score (nSPS) is 24.6. The van der Waals surface area contributed by atoms with Crippen LogP contribution in [0, 0.1) is 24.2 Å². The fourth-order valence-corrected chi connectivity index (χ4v) is 1.97. The number of hydrogen-bond acceptors (Lipinski definition) is 0. The van der Waals surface area contributed by atoms with E-state index in [9.17, 15) is 13.2 Å². The van der Waals surface area contributed by atoms with E-state index in [1.54, 1.807) is 19.3 Å². The highest BCUT2D eigenvalue weighted by Crippen LogP contribution is 2.55. The van der Waals surface area contributed by atoms with Crippen LogP contribution in [0.5, 0.6) is 0 Å². The average molecular weight is 238 g/mol. The summed E-state index contributed by atoms with van der Waals surface area (Å²) in [5, 5.41) is 0. The lowest BCUT2D eigenvalue weighted by Crippen LogP contribution is -2.04. The van der Waals surface area contributed by atoms with E-state index in [2.05, 4.69) is 5.92 Å². The summed E-state index contributed by atoms with van der Waals surface area (Å²) in [5.41, 5.74) is -0.470. The van der Waals surface area contributed by atoms with Crippen LogP contribution in [0.25, 0.3) is 0 Å². The zero-order chi connectivity index (χ0) is 12.5. The molecule has 17 heavy (non-hydrogen) atoms. The molecular weight excluding hydrogens is 225 g/mol. The summed E-state index contributed by atoms with van der Waals surface area (Å²) in [6.07, 6.45) is 5.34. The molecule has 0 aliphatic heterocycles. The first-order valence-corrected chi connectivity index (χ1v) is 5.64. The van der Waals surface area contributed by atoms with Gasteiger partial charge in [-0.3, -0.25) is 0 Å². The van der Waals surface area contributed by atoms with Gasteiger partial charge in [0.25, 0.3) is 0 Å². The van der Waals surface area contributed by atoms with Gasteiger partial charge in [0, 0.05) is 5.56 Å². The zero-order valence-corrected chi connectivity index (χ0v) is 9.30. The van der Waals surface area contributed by atoms with Crippen LogP contribution in [0.15, 0.2) is 24.3 Å². The highest BCUT2D eigenvalue weighted by Gasteiger charge is 2.44. The minimum Gasteiger partial charge on any atom is -0.166 e. The number of rotatable bonds is 0. The molecule has 1 aromatic carbocycles. The lowest BCUT2D eigenvalue weighted by molar-refractivity contribution is -0.137. The summed E-state index contributed by atoms with van der Waals surface area (Å²) in [4.78, 5) is 0. The Hall–Kier alpha value is -1.43. The van der Waals surface area contributed by atoms with E-state index in [1.165, 1.54) is 24.0 Å². The number of benzene rings is 1. The Labute approximate surface area is 98.8 Å². The maximum atomic E-state index is 12.0. The highest BCUT2D eigenvalue weighted by atomic mass is 19.4. The monoisotopic (exact) mass is 238 g/mol. The molecule has 2 fully saturated rings. The standard InChI is InChI=1S/C9H5F3.C5H8/c1-2-7-4-3-5-8(6-7)9(10,11)12;1-2-5-3-4(1)5/h1,3-6H;4-5H,1-3H2. The Bertz CT molecular complexity index is 428. The molecule has 2 aliphatic rings. The van der Waals surface area contributed by atoms with Crippen molar-refractivity contribution in [3.63, 3.8) is 0 Å². The number of fused-ring (bicyclic) bond motifs is 1. The quantitative estimate of drug-likeness (QED) is 0.597. The van der Waals surface area contributed by atoms with E-state index < -0.39 is 11.7 Å². The van der Waals surface area contributed by atoms with Crippen molar-refractivity contribution in [2.75, 3.05) is 0 Å². The van der Waals surface area contributed by atoms with E-state index in [0.717, 1.165) is 12.1 Å². The van der Waals surface area contributed by atoms with Gasteiger partial charge in [-0.05, 0) is 49.3 Å². The molecule has 0 radical (unpaired) electrons. The van der Waals surface area contributed by atoms with Crippen LogP contribution in [0.1, 0.15) is 30.4 Å². The summed E-state index contributed by atoms with van der Waals surface area (Å²) < 4.78 is 36.1. The SMILES string of the molecule is C#Cc1cccc(C(F)(F)F)c1.C1CC2CC12. The topological polar surface area (TPSA) is 0 Å². The van der Waals surface area contributed by atoms with Crippen molar-refractivity contribution >= 4 is 0 Å². The molecular formula is C14H13F3. The molecule has 3 rings (SSSR count). The van der Waals surface area contributed by atoms with E-state index in [1.807, 2.05) is 0 Å². The van der Waals surface area contributed by atoms with Gasteiger partial charge in [0.1, 0.15) is 0 Å². The first kappa shape index (κ1) is 12.0. The summed E-state index contributed by atoms with van der Waals surface area (Å²) >= 11 is 0. The minimum atomic E-state index is -4.31.